The Kier molecular flexibility index (Phi) is 6.31. The van der Waals surface area contributed by atoms with Crippen LogP contribution in [0.1, 0.15) is 37.5 Å². The van der Waals surface area contributed by atoms with Gasteiger partial charge in [-0.3, -0.25) is 23.6 Å². The van der Waals surface area contributed by atoms with Crippen molar-refractivity contribution in [3.8, 4) is 0 Å². The SMILES string of the molecule is CC(C(=O)NC1C=CN(C)C(c2cnc(N3CCCC3)nc2)N1C)n1cnc2c1c(=O)n(C)c(=O)n2C. The minimum atomic E-state index is -0.738. The van der Waals surface area contributed by atoms with Gasteiger partial charge in [-0.25, -0.2) is 19.7 Å². The zero-order chi connectivity index (χ0) is 26.4. The number of imidazole rings is 1. The fourth-order valence-corrected chi connectivity index (χ4v) is 5.09. The van der Waals surface area contributed by atoms with Crippen molar-refractivity contribution in [2.75, 3.05) is 32.1 Å². The molecule has 2 aliphatic heterocycles. The molecule has 37 heavy (non-hydrogen) atoms. The number of aryl methyl sites for hydroxylation is 1. The molecular weight excluding hydrogens is 476 g/mol. The van der Waals surface area contributed by atoms with Gasteiger partial charge in [-0.1, -0.05) is 0 Å². The number of aromatic nitrogens is 6. The van der Waals surface area contributed by atoms with Crippen LogP contribution in [-0.2, 0) is 18.9 Å². The van der Waals surface area contributed by atoms with Crippen LogP contribution in [0.25, 0.3) is 11.2 Å². The van der Waals surface area contributed by atoms with Crippen molar-refractivity contribution in [1.82, 2.24) is 43.8 Å². The highest BCUT2D eigenvalue weighted by Gasteiger charge is 2.32. The van der Waals surface area contributed by atoms with E-state index in [0.29, 0.717) is 0 Å². The molecule has 3 aromatic rings. The van der Waals surface area contributed by atoms with E-state index in [-0.39, 0.29) is 23.2 Å². The lowest BCUT2D eigenvalue weighted by Gasteiger charge is -2.42. The van der Waals surface area contributed by atoms with Gasteiger partial charge in [0, 0.05) is 52.2 Å². The molecule has 1 fully saturated rings. The van der Waals surface area contributed by atoms with Crippen LogP contribution in [0, 0.1) is 0 Å². The summed E-state index contributed by atoms with van der Waals surface area (Å²) in [6, 6.07) is -0.738. The summed E-state index contributed by atoms with van der Waals surface area (Å²) in [5.74, 6) is 0.452. The van der Waals surface area contributed by atoms with E-state index < -0.39 is 23.5 Å². The number of anilines is 1. The first kappa shape index (κ1) is 24.7. The summed E-state index contributed by atoms with van der Waals surface area (Å²) < 4.78 is 3.82. The number of amides is 1. The third-order valence-corrected chi connectivity index (χ3v) is 7.32. The highest BCUT2D eigenvalue weighted by molar-refractivity contribution is 5.83. The Labute approximate surface area is 213 Å². The number of hydrogen-bond donors (Lipinski definition) is 1. The van der Waals surface area contributed by atoms with Crippen LogP contribution in [0.5, 0.6) is 0 Å². The first-order valence-corrected chi connectivity index (χ1v) is 12.3. The Morgan fingerprint density at radius 3 is 2.38 bits per heavy atom. The molecule has 0 radical (unpaired) electrons. The predicted molar refractivity (Wildman–Crippen MR) is 138 cm³/mol. The zero-order valence-corrected chi connectivity index (χ0v) is 21.7. The second-order valence-electron chi connectivity index (χ2n) is 9.72. The minimum absolute atomic E-state index is 0.186. The molecule has 1 saturated heterocycles. The summed E-state index contributed by atoms with van der Waals surface area (Å²) in [4.78, 5) is 58.0. The second-order valence-corrected chi connectivity index (χ2v) is 9.72. The number of hydrogen-bond acceptors (Lipinski definition) is 9. The van der Waals surface area contributed by atoms with Crippen LogP contribution in [0.15, 0.2) is 40.6 Å². The standard InChI is InChI=1S/C24H32N10O3/c1-15(34-14-27-19-18(34)22(36)32(5)24(37)31(19)4)20(35)28-17-8-11-29(2)21(30(17)3)16-12-25-23(26-13-16)33-9-6-7-10-33/h8,11-15,17,21H,6-7,9-10H2,1-5H3,(H,28,35). The molecule has 1 amide bonds. The normalized spacial score (nSPS) is 21.1. The van der Waals surface area contributed by atoms with Crippen LogP contribution < -0.4 is 21.5 Å². The molecule has 3 unspecified atom stereocenters. The van der Waals surface area contributed by atoms with Gasteiger partial charge < -0.3 is 19.7 Å². The van der Waals surface area contributed by atoms with E-state index in [2.05, 4.69) is 25.2 Å². The quantitative estimate of drug-likeness (QED) is 0.503. The molecular formula is C24H32N10O3. The number of fused-ring (bicyclic) bond motifs is 1. The van der Waals surface area contributed by atoms with Gasteiger partial charge >= 0.3 is 5.69 Å². The van der Waals surface area contributed by atoms with Crippen molar-refractivity contribution < 1.29 is 4.79 Å². The van der Waals surface area contributed by atoms with E-state index in [1.807, 2.05) is 48.6 Å². The Morgan fingerprint density at radius 1 is 1.03 bits per heavy atom. The van der Waals surface area contributed by atoms with Crippen molar-refractivity contribution in [2.45, 2.75) is 38.1 Å². The van der Waals surface area contributed by atoms with Crippen LogP contribution in [0.3, 0.4) is 0 Å². The van der Waals surface area contributed by atoms with Gasteiger partial charge in [0.2, 0.25) is 11.9 Å². The van der Waals surface area contributed by atoms with Gasteiger partial charge in [-0.05, 0) is 39.1 Å². The summed E-state index contributed by atoms with van der Waals surface area (Å²) in [6.07, 6.45) is 10.7. The van der Waals surface area contributed by atoms with E-state index >= 15 is 0 Å². The highest BCUT2D eigenvalue weighted by Crippen LogP contribution is 2.28. The van der Waals surface area contributed by atoms with Crippen molar-refractivity contribution in [3.63, 3.8) is 0 Å². The van der Waals surface area contributed by atoms with Gasteiger partial charge in [0.1, 0.15) is 18.4 Å². The van der Waals surface area contributed by atoms with Crippen LogP contribution >= 0.6 is 0 Å². The lowest BCUT2D eigenvalue weighted by Crippen LogP contribution is -2.53. The molecule has 3 atom stereocenters. The average molecular weight is 509 g/mol. The summed E-state index contributed by atoms with van der Waals surface area (Å²) in [6.45, 7) is 3.65. The molecule has 13 heteroatoms. The van der Waals surface area contributed by atoms with Crippen molar-refractivity contribution >= 4 is 23.0 Å². The van der Waals surface area contributed by atoms with E-state index in [1.54, 1.807) is 14.0 Å². The monoisotopic (exact) mass is 508 g/mol. The molecule has 0 aliphatic carbocycles. The number of carbonyl (C=O) groups is 1. The van der Waals surface area contributed by atoms with E-state index in [4.69, 9.17) is 0 Å². The topological polar surface area (TPSA) is 126 Å². The third-order valence-electron chi connectivity index (χ3n) is 7.32. The highest BCUT2D eigenvalue weighted by atomic mass is 16.2. The van der Waals surface area contributed by atoms with Gasteiger partial charge in [-0.2, -0.15) is 0 Å². The molecule has 13 nitrogen and oxygen atoms in total. The lowest BCUT2D eigenvalue weighted by molar-refractivity contribution is -0.126. The molecule has 2 aliphatic rings. The Morgan fingerprint density at radius 2 is 1.70 bits per heavy atom. The van der Waals surface area contributed by atoms with E-state index in [1.165, 1.54) is 22.5 Å². The average Bonchev–Trinajstić information content (AvgIpc) is 3.59. The zero-order valence-electron chi connectivity index (χ0n) is 21.7. The predicted octanol–water partition coefficient (Wildman–Crippen LogP) is -0.0831. The van der Waals surface area contributed by atoms with Crippen molar-refractivity contribution in [1.29, 1.82) is 0 Å². The van der Waals surface area contributed by atoms with Crippen LogP contribution in [-0.4, -0.2) is 77.7 Å². The number of likely N-dealkylation sites (N-methyl/N-ethyl adjacent to an activating group) is 1. The molecule has 5 heterocycles. The Bertz CT molecular complexity index is 1460. The van der Waals surface area contributed by atoms with Gasteiger partial charge in [0.15, 0.2) is 11.2 Å². The molecule has 0 saturated carbocycles. The Hall–Kier alpha value is -4.00. The molecule has 0 bridgehead atoms. The Balaban J connectivity index is 1.36. The number of nitrogens with zero attached hydrogens (tertiary/aromatic N) is 9. The fourth-order valence-electron chi connectivity index (χ4n) is 5.09. The largest absolute Gasteiger partial charge is 0.361 e. The van der Waals surface area contributed by atoms with Crippen molar-refractivity contribution in [3.05, 3.63) is 57.4 Å². The maximum atomic E-state index is 13.3. The molecule has 0 spiro atoms. The fraction of sp³-hybridized carbons (Fsp3) is 0.500. The smallest absolute Gasteiger partial charge is 0.332 e. The maximum absolute atomic E-state index is 13.3. The molecule has 1 N–H and O–H groups in total. The van der Waals surface area contributed by atoms with Gasteiger partial charge in [0.05, 0.1) is 6.33 Å². The second kappa shape index (κ2) is 9.47. The minimum Gasteiger partial charge on any atom is -0.361 e. The van der Waals surface area contributed by atoms with E-state index in [0.717, 1.165) is 42.0 Å². The van der Waals surface area contributed by atoms with Gasteiger partial charge in [0.25, 0.3) is 5.56 Å². The van der Waals surface area contributed by atoms with Crippen LogP contribution in [0.4, 0.5) is 5.95 Å². The summed E-state index contributed by atoms with van der Waals surface area (Å²) >= 11 is 0. The first-order chi connectivity index (χ1) is 17.7. The molecule has 196 valence electrons. The molecule has 5 rings (SSSR count). The molecule has 0 aromatic carbocycles. The summed E-state index contributed by atoms with van der Waals surface area (Å²) in [5, 5.41) is 3.06. The number of nitrogens with one attached hydrogen (secondary N) is 1. The van der Waals surface area contributed by atoms with E-state index in [9.17, 15) is 14.4 Å². The van der Waals surface area contributed by atoms with Crippen molar-refractivity contribution in [2.24, 2.45) is 14.1 Å². The first-order valence-electron chi connectivity index (χ1n) is 12.3. The third kappa shape index (κ3) is 4.18. The maximum Gasteiger partial charge on any atom is 0.332 e. The van der Waals surface area contributed by atoms with Crippen LogP contribution in [0.2, 0.25) is 0 Å². The van der Waals surface area contributed by atoms with Gasteiger partial charge in [-0.15, -0.1) is 0 Å². The lowest BCUT2D eigenvalue weighted by atomic mass is 10.1. The summed E-state index contributed by atoms with van der Waals surface area (Å²) in [5.41, 5.74) is 0.383. The number of carbonyl (C=O) groups excluding carboxylic acids is 1. The number of rotatable bonds is 5. The molecule has 3 aromatic heterocycles. The summed E-state index contributed by atoms with van der Waals surface area (Å²) in [7, 11) is 6.84.